The number of hydrogen-bond donors (Lipinski definition) is 2. The molecule has 2 atom stereocenters. The summed E-state index contributed by atoms with van der Waals surface area (Å²) in [5.74, 6) is 0.783. The van der Waals surface area contributed by atoms with Gasteiger partial charge in [0.25, 0.3) is 0 Å². The molecule has 1 saturated heterocycles. The lowest BCUT2D eigenvalue weighted by Crippen LogP contribution is -2.43. The first-order valence-electron chi connectivity index (χ1n) is 8.02. The summed E-state index contributed by atoms with van der Waals surface area (Å²) in [5, 5.41) is 3.10. The van der Waals surface area contributed by atoms with Gasteiger partial charge in [-0.2, -0.15) is 0 Å². The zero-order chi connectivity index (χ0) is 14.7. The van der Waals surface area contributed by atoms with Gasteiger partial charge in [-0.05, 0) is 24.3 Å². The van der Waals surface area contributed by atoms with Crippen LogP contribution in [-0.2, 0) is 11.3 Å². The van der Waals surface area contributed by atoms with E-state index in [-0.39, 0.29) is 17.9 Å². The van der Waals surface area contributed by atoms with Crippen LogP contribution in [-0.4, -0.2) is 36.5 Å². The van der Waals surface area contributed by atoms with Crippen molar-refractivity contribution in [3.8, 4) is 0 Å². The number of nitrogens with two attached hydrogens (primary N) is 1. The van der Waals surface area contributed by atoms with Crippen molar-refractivity contribution in [1.82, 2.24) is 10.2 Å². The monoisotopic (exact) mass is 287 g/mol. The number of carbonyl (C=O) groups excluding carboxylic acids is 1. The van der Waals surface area contributed by atoms with Gasteiger partial charge < -0.3 is 11.1 Å². The number of amides is 1. The van der Waals surface area contributed by atoms with E-state index in [1.807, 2.05) is 18.2 Å². The summed E-state index contributed by atoms with van der Waals surface area (Å²) in [5.41, 5.74) is 7.45. The van der Waals surface area contributed by atoms with Crippen LogP contribution in [0.1, 0.15) is 24.8 Å². The van der Waals surface area contributed by atoms with E-state index in [2.05, 4.69) is 22.3 Å². The molecule has 0 radical (unpaired) electrons. The lowest BCUT2D eigenvalue weighted by Gasteiger charge is -2.26. The molecule has 2 unspecified atom stereocenters. The third-order valence-electron chi connectivity index (χ3n) is 4.82. The largest absolute Gasteiger partial charge is 0.355 e. The minimum atomic E-state index is -0.0613. The molecule has 2 fully saturated rings. The molecule has 2 aliphatic rings. The van der Waals surface area contributed by atoms with Crippen LogP contribution in [0.4, 0.5) is 0 Å². The molecule has 1 aromatic rings. The molecule has 1 amide bonds. The van der Waals surface area contributed by atoms with Crippen LogP contribution in [0.5, 0.6) is 0 Å². The highest BCUT2D eigenvalue weighted by molar-refractivity contribution is 5.80. The van der Waals surface area contributed by atoms with Gasteiger partial charge in [-0.25, -0.2) is 0 Å². The average molecular weight is 287 g/mol. The second kappa shape index (κ2) is 6.58. The van der Waals surface area contributed by atoms with Gasteiger partial charge in [0, 0.05) is 32.2 Å². The van der Waals surface area contributed by atoms with Gasteiger partial charge in [-0.1, -0.05) is 36.8 Å². The lowest BCUT2D eigenvalue weighted by molar-refractivity contribution is -0.125. The van der Waals surface area contributed by atoms with Crippen molar-refractivity contribution in [2.24, 2.45) is 17.6 Å². The maximum Gasteiger partial charge on any atom is 0.226 e. The van der Waals surface area contributed by atoms with E-state index in [4.69, 9.17) is 5.73 Å². The molecule has 0 aromatic heterocycles. The minimum Gasteiger partial charge on any atom is -0.355 e. The Balaban J connectivity index is 1.49. The fraction of sp³-hybridized carbons (Fsp3) is 0.588. The predicted octanol–water partition coefficient (Wildman–Crippen LogP) is 1.36. The summed E-state index contributed by atoms with van der Waals surface area (Å²) in [6.45, 7) is 3.28. The molecule has 1 aromatic carbocycles. The SMILES string of the molecule is NC1CN(Cc2ccccc2)CC1C(=O)NCC1CCC1. The number of hydrogen-bond acceptors (Lipinski definition) is 3. The Morgan fingerprint density at radius 2 is 2.00 bits per heavy atom. The normalized spacial score (nSPS) is 26.5. The highest BCUT2D eigenvalue weighted by Crippen LogP contribution is 2.25. The fourth-order valence-corrected chi connectivity index (χ4v) is 3.23. The van der Waals surface area contributed by atoms with Crippen molar-refractivity contribution < 1.29 is 4.79 Å². The Hall–Kier alpha value is -1.39. The summed E-state index contributed by atoms with van der Waals surface area (Å²) < 4.78 is 0. The maximum atomic E-state index is 12.3. The lowest BCUT2D eigenvalue weighted by atomic mass is 9.85. The zero-order valence-corrected chi connectivity index (χ0v) is 12.5. The summed E-state index contributed by atoms with van der Waals surface area (Å²) in [4.78, 5) is 14.6. The van der Waals surface area contributed by atoms with Crippen LogP contribution in [0, 0.1) is 11.8 Å². The molecule has 3 N–H and O–H groups in total. The molecule has 3 rings (SSSR count). The van der Waals surface area contributed by atoms with Crippen molar-refractivity contribution in [2.45, 2.75) is 31.8 Å². The summed E-state index contributed by atoms with van der Waals surface area (Å²) in [6, 6.07) is 10.3. The summed E-state index contributed by atoms with van der Waals surface area (Å²) in [7, 11) is 0. The molecule has 1 saturated carbocycles. The molecule has 21 heavy (non-hydrogen) atoms. The number of nitrogens with zero attached hydrogens (tertiary/aromatic N) is 1. The predicted molar refractivity (Wildman–Crippen MR) is 83.5 cm³/mol. The van der Waals surface area contributed by atoms with Gasteiger partial charge in [-0.15, -0.1) is 0 Å². The third-order valence-corrected chi connectivity index (χ3v) is 4.82. The average Bonchev–Trinajstić information content (AvgIpc) is 2.79. The molecule has 4 nitrogen and oxygen atoms in total. The molecule has 4 heteroatoms. The van der Waals surface area contributed by atoms with E-state index < -0.39 is 0 Å². The first-order valence-corrected chi connectivity index (χ1v) is 8.02. The third kappa shape index (κ3) is 3.63. The number of benzene rings is 1. The summed E-state index contributed by atoms with van der Waals surface area (Å²) >= 11 is 0. The topological polar surface area (TPSA) is 58.4 Å². The number of carbonyl (C=O) groups is 1. The van der Waals surface area contributed by atoms with E-state index in [1.165, 1.54) is 24.8 Å². The van der Waals surface area contributed by atoms with Crippen molar-refractivity contribution in [1.29, 1.82) is 0 Å². The van der Waals surface area contributed by atoms with E-state index in [9.17, 15) is 4.79 Å². The zero-order valence-electron chi connectivity index (χ0n) is 12.5. The van der Waals surface area contributed by atoms with Crippen molar-refractivity contribution >= 4 is 5.91 Å². The van der Waals surface area contributed by atoms with E-state index in [0.29, 0.717) is 5.92 Å². The van der Waals surface area contributed by atoms with Crippen molar-refractivity contribution in [3.05, 3.63) is 35.9 Å². The molecular formula is C17H25N3O. The van der Waals surface area contributed by atoms with Crippen LogP contribution in [0.3, 0.4) is 0 Å². The standard InChI is InChI=1S/C17H25N3O/c18-16-12-20(10-14-5-2-1-3-6-14)11-15(16)17(21)19-9-13-7-4-8-13/h1-3,5-6,13,15-16H,4,7-12,18H2,(H,19,21). The summed E-state index contributed by atoms with van der Waals surface area (Å²) in [6.07, 6.45) is 3.84. The minimum absolute atomic E-state index is 0.0462. The quantitative estimate of drug-likeness (QED) is 0.860. The molecule has 1 aliphatic carbocycles. The molecule has 114 valence electrons. The van der Waals surface area contributed by atoms with Gasteiger partial charge in [-0.3, -0.25) is 9.69 Å². The molecule has 0 spiro atoms. The van der Waals surface area contributed by atoms with Crippen LogP contribution in [0.2, 0.25) is 0 Å². The van der Waals surface area contributed by atoms with E-state index >= 15 is 0 Å². The molecule has 1 heterocycles. The second-order valence-corrected chi connectivity index (χ2v) is 6.49. The van der Waals surface area contributed by atoms with Gasteiger partial charge in [0.2, 0.25) is 5.91 Å². The first kappa shape index (κ1) is 14.5. The number of likely N-dealkylation sites (tertiary alicyclic amines) is 1. The van der Waals surface area contributed by atoms with Crippen LogP contribution in [0.25, 0.3) is 0 Å². The van der Waals surface area contributed by atoms with E-state index in [0.717, 1.165) is 26.2 Å². The molecular weight excluding hydrogens is 262 g/mol. The fourth-order valence-electron chi connectivity index (χ4n) is 3.23. The van der Waals surface area contributed by atoms with Crippen LogP contribution >= 0.6 is 0 Å². The highest BCUT2D eigenvalue weighted by atomic mass is 16.2. The molecule has 1 aliphatic heterocycles. The number of nitrogens with one attached hydrogen (secondary N) is 1. The second-order valence-electron chi connectivity index (χ2n) is 6.49. The maximum absolute atomic E-state index is 12.3. The molecule has 0 bridgehead atoms. The first-order chi connectivity index (χ1) is 10.2. The van der Waals surface area contributed by atoms with Gasteiger partial charge >= 0.3 is 0 Å². The highest BCUT2D eigenvalue weighted by Gasteiger charge is 2.35. The Morgan fingerprint density at radius 3 is 2.67 bits per heavy atom. The van der Waals surface area contributed by atoms with Crippen LogP contribution in [0.15, 0.2) is 30.3 Å². The Bertz CT molecular complexity index is 472. The van der Waals surface area contributed by atoms with Crippen LogP contribution < -0.4 is 11.1 Å². The number of rotatable bonds is 5. The van der Waals surface area contributed by atoms with Gasteiger partial charge in [0.15, 0.2) is 0 Å². The Kier molecular flexibility index (Phi) is 4.56. The smallest absolute Gasteiger partial charge is 0.226 e. The Morgan fingerprint density at radius 1 is 1.24 bits per heavy atom. The van der Waals surface area contributed by atoms with Gasteiger partial charge in [0.05, 0.1) is 5.92 Å². The Labute approximate surface area is 126 Å². The van der Waals surface area contributed by atoms with E-state index in [1.54, 1.807) is 0 Å². The van der Waals surface area contributed by atoms with Gasteiger partial charge in [0.1, 0.15) is 0 Å². The van der Waals surface area contributed by atoms with Crippen molar-refractivity contribution in [3.63, 3.8) is 0 Å². The van der Waals surface area contributed by atoms with Crippen molar-refractivity contribution in [2.75, 3.05) is 19.6 Å².